The molecule has 1 saturated carbocycles. The van der Waals surface area contributed by atoms with Gasteiger partial charge in [-0.15, -0.1) is 0 Å². The van der Waals surface area contributed by atoms with E-state index in [1.54, 1.807) is 4.90 Å². The minimum Gasteiger partial charge on any atom is -0.345 e. The third-order valence-corrected chi connectivity index (χ3v) is 4.96. The van der Waals surface area contributed by atoms with Crippen molar-refractivity contribution in [2.24, 2.45) is 0 Å². The van der Waals surface area contributed by atoms with Crippen LogP contribution in [-0.2, 0) is 9.59 Å². The molecule has 0 atom stereocenters. The minimum absolute atomic E-state index is 0.0368. The van der Waals surface area contributed by atoms with Gasteiger partial charge in [-0.25, -0.2) is 0 Å². The lowest BCUT2D eigenvalue weighted by molar-refractivity contribution is -0.146. The molecular formula is C20H21N3O3. The van der Waals surface area contributed by atoms with Gasteiger partial charge in [-0.2, -0.15) is 0 Å². The van der Waals surface area contributed by atoms with Gasteiger partial charge in [0, 0.05) is 37.8 Å². The van der Waals surface area contributed by atoms with Crippen molar-refractivity contribution in [3.63, 3.8) is 0 Å². The highest BCUT2D eigenvalue weighted by Gasteiger charge is 2.31. The molecule has 0 unspecified atom stereocenters. The van der Waals surface area contributed by atoms with Crippen molar-refractivity contribution in [1.29, 1.82) is 0 Å². The van der Waals surface area contributed by atoms with Crippen LogP contribution in [0.25, 0.3) is 10.8 Å². The zero-order valence-electron chi connectivity index (χ0n) is 14.5. The van der Waals surface area contributed by atoms with Gasteiger partial charge in [-0.1, -0.05) is 30.3 Å². The van der Waals surface area contributed by atoms with Crippen molar-refractivity contribution in [2.45, 2.75) is 18.9 Å². The van der Waals surface area contributed by atoms with Crippen molar-refractivity contribution in [2.75, 3.05) is 26.2 Å². The molecule has 1 aliphatic carbocycles. The molecule has 2 aromatic rings. The van der Waals surface area contributed by atoms with Gasteiger partial charge < -0.3 is 15.1 Å². The van der Waals surface area contributed by atoms with Crippen LogP contribution in [-0.4, -0.2) is 59.7 Å². The molecule has 3 amide bonds. The molecule has 6 heteroatoms. The zero-order valence-corrected chi connectivity index (χ0v) is 14.5. The highest BCUT2D eigenvalue weighted by molar-refractivity contribution is 6.35. The summed E-state index contributed by atoms with van der Waals surface area (Å²) in [5, 5.41) is 4.85. The summed E-state index contributed by atoms with van der Waals surface area (Å²) in [6.07, 6.45) is 1.90. The monoisotopic (exact) mass is 351 g/mol. The highest BCUT2D eigenvalue weighted by atomic mass is 16.2. The Labute approximate surface area is 151 Å². The summed E-state index contributed by atoms with van der Waals surface area (Å²) in [5.41, 5.74) is 0.648. The second kappa shape index (κ2) is 6.78. The third-order valence-electron chi connectivity index (χ3n) is 4.96. The lowest BCUT2D eigenvalue weighted by Gasteiger charge is -2.34. The predicted molar refractivity (Wildman–Crippen MR) is 97.6 cm³/mol. The van der Waals surface area contributed by atoms with Crippen LogP contribution in [0.3, 0.4) is 0 Å². The molecule has 2 aromatic carbocycles. The fourth-order valence-corrected chi connectivity index (χ4v) is 3.24. The molecule has 6 nitrogen and oxygen atoms in total. The van der Waals surface area contributed by atoms with E-state index >= 15 is 0 Å². The second-order valence-corrected chi connectivity index (χ2v) is 6.89. The summed E-state index contributed by atoms with van der Waals surface area (Å²) in [5.74, 6) is -1.05. The predicted octanol–water partition coefficient (Wildman–Crippen LogP) is 1.40. The maximum Gasteiger partial charge on any atom is 0.312 e. The minimum atomic E-state index is -0.526. The number of fused-ring (bicyclic) bond motifs is 1. The van der Waals surface area contributed by atoms with E-state index in [4.69, 9.17) is 0 Å². The number of amides is 3. The largest absolute Gasteiger partial charge is 0.345 e. The number of rotatable bonds is 2. The average Bonchev–Trinajstić information content (AvgIpc) is 3.50. The number of nitrogens with zero attached hydrogens (tertiary/aromatic N) is 2. The second-order valence-electron chi connectivity index (χ2n) is 6.89. The van der Waals surface area contributed by atoms with E-state index in [0.29, 0.717) is 31.7 Å². The first kappa shape index (κ1) is 16.6. The molecule has 1 saturated heterocycles. The van der Waals surface area contributed by atoms with E-state index in [-0.39, 0.29) is 11.9 Å². The normalized spacial score (nSPS) is 17.2. The van der Waals surface area contributed by atoms with E-state index in [9.17, 15) is 14.4 Å². The van der Waals surface area contributed by atoms with Gasteiger partial charge in [-0.05, 0) is 35.7 Å². The van der Waals surface area contributed by atoms with E-state index in [2.05, 4.69) is 5.32 Å². The summed E-state index contributed by atoms with van der Waals surface area (Å²) in [6.45, 7) is 1.65. The topological polar surface area (TPSA) is 69.7 Å². The maximum atomic E-state index is 12.8. The van der Waals surface area contributed by atoms with Gasteiger partial charge in [0.05, 0.1) is 0 Å². The standard InChI is InChI=1S/C20H21N3O3/c24-18(21-17-7-8-17)20(26)23-11-9-22(10-12-23)19(25)16-6-5-14-3-1-2-4-15(14)13-16/h1-6,13,17H,7-12H2,(H,21,24). The molecular weight excluding hydrogens is 330 g/mol. The van der Waals surface area contributed by atoms with Crippen LogP contribution in [0.5, 0.6) is 0 Å². The first-order valence-electron chi connectivity index (χ1n) is 9.00. The van der Waals surface area contributed by atoms with Crippen LogP contribution in [0.1, 0.15) is 23.2 Å². The molecule has 2 aliphatic rings. The molecule has 1 heterocycles. The summed E-state index contributed by atoms with van der Waals surface area (Å²) in [6, 6.07) is 13.8. The SMILES string of the molecule is O=C(NC1CC1)C(=O)N1CCN(C(=O)c2ccc3ccccc3c2)CC1. The van der Waals surface area contributed by atoms with Crippen molar-refractivity contribution >= 4 is 28.5 Å². The molecule has 4 rings (SSSR count). The van der Waals surface area contributed by atoms with Crippen LogP contribution in [0.4, 0.5) is 0 Å². The molecule has 0 radical (unpaired) electrons. The molecule has 0 aromatic heterocycles. The zero-order chi connectivity index (χ0) is 18.1. The van der Waals surface area contributed by atoms with Crippen molar-refractivity contribution < 1.29 is 14.4 Å². The van der Waals surface area contributed by atoms with E-state index in [0.717, 1.165) is 23.6 Å². The molecule has 1 aliphatic heterocycles. The van der Waals surface area contributed by atoms with Crippen LogP contribution in [0.2, 0.25) is 0 Å². The molecule has 2 fully saturated rings. The number of piperazine rings is 1. The smallest absolute Gasteiger partial charge is 0.312 e. The van der Waals surface area contributed by atoms with Crippen LogP contribution >= 0.6 is 0 Å². The quantitative estimate of drug-likeness (QED) is 0.832. The molecule has 134 valence electrons. The van der Waals surface area contributed by atoms with Gasteiger partial charge in [0.1, 0.15) is 0 Å². The highest BCUT2D eigenvalue weighted by Crippen LogP contribution is 2.19. The van der Waals surface area contributed by atoms with Crippen LogP contribution in [0.15, 0.2) is 42.5 Å². The molecule has 0 bridgehead atoms. The number of carbonyl (C=O) groups is 3. The van der Waals surface area contributed by atoms with E-state index in [1.165, 1.54) is 4.90 Å². The number of benzene rings is 2. The summed E-state index contributed by atoms with van der Waals surface area (Å²) in [7, 11) is 0. The van der Waals surface area contributed by atoms with Crippen molar-refractivity contribution in [3.8, 4) is 0 Å². The van der Waals surface area contributed by atoms with Gasteiger partial charge in [0.15, 0.2) is 0 Å². The Morgan fingerprint density at radius 1 is 0.846 bits per heavy atom. The number of hydrogen-bond acceptors (Lipinski definition) is 3. The Morgan fingerprint density at radius 3 is 2.19 bits per heavy atom. The summed E-state index contributed by atoms with van der Waals surface area (Å²) >= 11 is 0. The van der Waals surface area contributed by atoms with Gasteiger partial charge in [-0.3, -0.25) is 14.4 Å². The lowest BCUT2D eigenvalue weighted by Crippen LogP contribution is -2.54. The lowest BCUT2D eigenvalue weighted by atomic mass is 10.1. The van der Waals surface area contributed by atoms with Crippen LogP contribution in [0, 0.1) is 0 Å². The van der Waals surface area contributed by atoms with Crippen molar-refractivity contribution in [1.82, 2.24) is 15.1 Å². The van der Waals surface area contributed by atoms with Gasteiger partial charge >= 0.3 is 11.8 Å². The maximum absolute atomic E-state index is 12.8. The first-order chi connectivity index (χ1) is 12.6. The first-order valence-corrected chi connectivity index (χ1v) is 9.00. The fourth-order valence-electron chi connectivity index (χ4n) is 3.24. The number of hydrogen-bond donors (Lipinski definition) is 1. The average molecular weight is 351 g/mol. The van der Waals surface area contributed by atoms with E-state index < -0.39 is 11.8 Å². The summed E-state index contributed by atoms with van der Waals surface area (Å²) in [4.78, 5) is 40.1. The Kier molecular flexibility index (Phi) is 4.32. The van der Waals surface area contributed by atoms with Crippen LogP contribution < -0.4 is 5.32 Å². The number of carbonyl (C=O) groups excluding carboxylic acids is 3. The Balaban J connectivity index is 1.38. The van der Waals surface area contributed by atoms with Gasteiger partial charge in [0.25, 0.3) is 5.91 Å². The molecule has 1 N–H and O–H groups in total. The summed E-state index contributed by atoms with van der Waals surface area (Å²) < 4.78 is 0. The fraction of sp³-hybridized carbons (Fsp3) is 0.350. The van der Waals surface area contributed by atoms with Crippen molar-refractivity contribution in [3.05, 3.63) is 48.0 Å². The van der Waals surface area contributed by atoms with E-state index in [1.807, 2.05) is 42.5 Å². The third kappa shape index (κ3) is 3.40. The number of nitrogens with one attached hydrogen (secondary N) is 1. The Morgan fingerprint density at radius 2 is 1.50 bits per heavy atom. The molecule has 0 spiro atoms. The molecule has 26 heavy (non-hydrogen) atoms. The Bertz CT molecular complexity index is 867. The Hall–Kier alpha value is -2.89. The van der Waals surface area contributed by atoms with Gasteiger partial charge in [0.2, 0.25) is 0 Å².